The Bertz CT molecular complexity index is 1190. The average Bonchev–Trinajstić information content (AvgIpc) is 2.74. The predicted octanol–water partition coefficient (Wildman–Crippen LogP) is 6.65. The Hall–Kier alpha value is -3.22. The summed E-state index contributed by atoms with van der Waals surface area (Å²) >= 11 is 12.9. The van der Waals surface area contributed by atoms with Crippen LogP contribution in [0.5, 0.6) is 17.2 Å². The van der Waals surface area contributed by atoms with Gasteiger partial charge in [0.2, 0.25) is 0 Å². The molecule has 8 heteroatoms. The first-order valence-electron chi connectivity index (χ1n) is 10.2. The number of amides is 1. The lowest BCUT2D eigenvalue weighted by atomic mass is 10.0. The number of aromatic hydroxyl groups is 1. The van der Waals surface area contributed by atoms with Gasteiger partial charge in [-0.2, -0.15) is 0 Å². The molecule has 6 nitrogen and oxygen atoms in total. The van der Waals surface area contributed by atoms with E-state index in [-0.39, 0.29) is 33.1 Å². The van der Waals surface area contributed by atoms with Gasteiger partial charge < -0.3 is 14.9 Å². The number of ether oxygens (including phenoxy) is 1. The quantitative estimate of drug-likeness (QED) is 0.389. The molecular weight excluding hydrogens is 465 g/mol. The van der Waals surface area contributed by atoms with Crippen molar-refractivity contribution in [3.63, 3.8) is 0 Å². The molecule has 3 aromatic carbocycles. The molecule has 3 aromatic rings. The van der Waals surface area contributed by atoms with Crippen LogP contribution in [0, 0.1) is 6.92 Å². The van der Waals surface area contributed by atoms with E-state index in [2.05, 4.69) is 0 Å². The highest BCUT2D eigenvalue weighted by atomic mass is 35.5. The van der Waals surface area contributed by atoms with E-state index in [4.69, 9.17) is 27.9 Å². The lowest BCUT2D eigenvalue weighted by Crippen LogP contribution is -2.35. The van der Waals surface area contributed by atoms with Gasteiger partial charge in [0, 0.05) is 16.8 Å². The van der Waals surface area contributed by atoms with Gasteiger partial charge in [0.25, 0.3) is 5.91 Å². The topological polar surface area (TPSA) is 87.1 Å². The number of hydrogen-bond acceptors (Lipinski definition) is 4. The predicted molar refractivity (Wildman–Crippen MR) is 129 cm³/mol. The molecule has 0 atom stereocenters. The molecule has 0 saturated heterocycles. The molecule has 0 aliphatic rings. The number of aliphatic carboxylic acids is 1. The summed E-state index contributed by atoms with van der Waals surface area (Å²) in [6.45, 7) is 5.15. The summed E-state index contributed by atoms with van der Waals surface area (Å²) in [4.78, 5) is 25.7. The second kappa shape index (κ2) is 10.1. The molecule has 2 N–H and O–H groups in total. The average molecular weight is 488 g/mol. The first-order chi connectivity index (χ1) is 15.6. The zero-order valence-corrected chi connectivity index (χ0v) is 19.8. The van der Waals surface area contributed by atoms with Gasteiger partial charge in [-0.15, -0.1) is 0 Å². The maximum absolute atomic E-state index is 13.1. The Kier molecular flexibility index (Phi) is 7.51. The zero-order valence-electron chi connectivity index (χ0n) is 18.3. The minimum absolute atomic E-state index is 0.0686. The molecule has 0 aromatic heterocycles. The third-order valence-electron chi connectivity index (χ3n) is 4.94. The van der Waals surface area contributed by atoms with Gasteiger partial charge in [-0.3, -0.25) is 14.5 Å². The number of anilines is 1. The zero-order chi connectivity index (χ0) is 24.3. The van der Waals surface area contributed by atoms with Crippen LogP contribution in [0.2, 0.25) is 10.0 Å². The van der Waals surface area contributed by atoms with Crippen molar-refractivity contribution in [2.45, 2.75) is 26.7 Å². The van der Waals surface area contributed by atoms with Crippen LogP contribution in [0.1, 0.15) is 41.3 Å². The molecule has 172 valence electrons. The fourth-order valence-corrected chi connectivity index (χ4v) is 3.88. The van der Waals surface area contributed by atoms with Crippen molar-refractivity contribution in [1.29, 1.82) is 0 Å². The van der Waals surface area contributed by atoms with Crippen LogP contribution < -0.4 is 9.64 Å². The van der Waals surface area contributed by atoms with Crippen LogP contribution in [-0.2, 0) is 4.79 Å². The Morgan fingerprint density at radius 1 is 1.03 bits per heavy atom. The maximum Gasteiger partial charge on any atom is 0.323 e. The largest absolute Gasteiger partial charge is 0.508 e. The summed E-state index contributed by atoms with van der Waals surface area (Å²) < 4.78 is 5.87. The third kappa shape index (κ3) is 5.78. The van der Waals surface area contributed by atoms with Crippen molar-refractivity contribution in [1.82, 2.24) is 0 Å². The molecule has 0 aliphatic carbocycles. The normalized spacial score (nSPS) is 10.8. The van der Waals surface area contributed by atoms with Crippen LogP contribution in [0.15, 0.2) is 54.6 Å². The molecule has 3 rings (SSSR count). The number of phenols is 1. The van der Waals surface area contributed by atoms with Gasteiger partial charge in [0.1, 0.15) is 18.0 Å². The Labute approximate surface area is 201 Å². The highest BCUT2D eigenvalue weighted by Crippen LogP contribution is 2.41. The maximum atomic E-state index is 13.1. The van der Waals surface area contributed by atoms with Gasteiger partial charge in [-0.25, -0.2) is 0 Å². The minimum Gasteiger partial charge on any atom is -0.508 e. The number of halogens is 2. The van der Waals surface area contributed by atoms with E-state index < -0.39 is 18.4 Å². The fraction of sp³-hybridized carbons (Fsp3) is 0.200. The van der Waals surface area contributed by atoms with Crippen molar-refractivity contribution in [2.24, 2.45) is 0 Å². The van der Waals surface area contributed by atoms with Gasteiger partial charge in [0.05, 0.1) is 10.0 Å². The summed E-state index contributed by atoms with van der Waals surface area (Å²) in [6, 6.07) is 14.5. The molecule has 0 fully saturated rings. The SMILES string of the molecule is Cc1cccc(C(=O)N(CC(=O)O)c2cc(Cl)c(Oc3ccc(O)c(C(C)C)c3)c(Cl)c2)c1. The minimum atomic E-state index is -1.19. The summed E-state index contributed by atoms with van der Waals surface area (Å²) in [7, 11) is 0. The van der Waals surface area contributed by atoms with E-state index in [1.54, 1.807) is 30.3 Å². The van der Waals surface area contributed by atoms with Crippen molar-refractivity contribution in [3.05, 3.63) is 81.3 Å². The van der Waals surface area contributed by atoms with Crippen molar-refractivity contribution in [2.75, 3.05) is 11.4 Å². The highest BCUT2D eigenvalue weighted by Gasteiger charge is 2.23. The summed E-state index contributed by atoms with van der Waals surface area (Å²) in [6.07, 6.45) is 0. The van der Waals surface area contributed by atoms with E-state index in [0.717, 1.165) is 10.5 Å². The highest BCUT2D eigenvalue weighted by molar-refractivity contribution is 6.37. The Balaban J connectivity index is 1.97. The Morgan fingerprint density at radius 2 is 1.70 bits per heavy atom. The Morgan fingerprint density at radius 3 is 2.27 bits per heavy atom. The number of rotatable bonds is 7. The molecule has 1 amide bonds. The van der Waals surface area contributed by atoms with Crippen LogP contribution in [-0.4, -0.2) is 28.6 Å². The van der Waals surface area contributed by atoms with Crippen LogP contribution >= 0.6 is 23.2 Å². The second-order valence-corrected chi connectivity index (χ2v) is 8.68. The smallest absolute Gasteiger partial charge is 0.323 e. The number of carbonyl (C=O) groups is 2. The van der Waals surface area contributed by atoms with Crippen molar-refractivity contribution >= 4 is 40.8 Å². The molecule has 0 radical (unpaired) electrons. The number of aryl methyl sites for hydroxylation is 1. The lowest BCUT2D eigenvalue weighted by Gasteiger charge is -2.23. The lowest BCUT2D eigenvalue weighted by molar-refractivity contribution is -0.135. The summed E-state index contributed by atoms with van der Waals surface area (Å²) in [5.74, 6) is -0.883. The number of carbonyl (C=O) groups excluding carboxylic acids is 1. The van der Waals surface area contributed by atoms with E-state index in [1.165, 1.54) is 18.2 Å². The van der Waals surface area contributed by atoms with Crippen LogP contribution in [0.3, 0.4) is 0 Å². The van der Waals surface area contributed by atoms with Gasteiger partial charge in [-0.1, -0.05) is 54.7 Å². The molecule has 0 aliphatic heterocycles. The first-order valence-corrected chi connectivity index (χ1v) is 10.9. The number of phenolic OH excluding ortho intramolecular Hbond substituents is 1. The number of carboxylic acids is 1. The number of hydrogen-bond donors (Lipinski definition) is 2. The van der Waals surface area contributed by atoms with Crippen molar-refractivity contribution in [3.8, 4) is 17.2 Å². The van der Waals surface area contributed by atoms with Crippen molar-refractivity contribution < 1.29 is 24.5 Å². The number of carboxylic acid groups (broad SMARTS) is 1. The molecule has 0 bridgehead atoms. The molecular formula is C25H23Cl2NO5. The van der Waals surface area contributed by atoms with Crippen LogP contribution in [0.25, 0.3) is 0 Å². The monoisotopic (exact) mass is 487 g/mol. The number of nitrogens with zero attached hydrogens (tertiary/aromatic N) is 1. The molecule has 0 spiro atoms. The number of benzene rings is 3. The van der Waals surface area contributed by atoms with Gasteiger partial charge in [-0.05, 0) is 55.3 Å². The van der Waals surface area contributed by atoms with Crippen LogP contribution in [0.4, 0.5) is 5.69 Å². The molecule has 33 heavy (non-hydrogen) atoms. The standard InChI is InChI=1S/C25H23Cl2NO5/c1-14(2)19-12-18(7-8-22(19)29)33-24-20(26)10-17(11-21(24)27)28(13-23(30)31)25(32)16-6-4-5-15(3)9-16/h4-12,14,29H,13H2,1-3H3,(H,30,31). The summed E-state index contributed by atoms with van der Waals surface area (Å²) in [5.41, 5.74) is 2.13. The van der Waals surface area contributed by atoms with E-state index in [0.29, 0.717) is 16.9 Å². The van der Waals surface area contributed by atoms with Gasteiger partial charge in [0.15, 0.2) is 5.75 Å². The van der Waals surface area contributed by atoms with E-state index in [1.807, 2.05) is 26.8 Å². The fourth-order valence-electron chi connectivity index (χ4n) is 3.33. The molecule has 0 unspecified atom stereocenters. The van der Waals surface area contributed by atoms with E-state index in [9.17, 15) is 19.8 Å². The first kappa shape index (κ1) is 24.4. The van der Waals surface area contributed by atoms with Gasteiger partial charge >= 0.3 is 5.97 Å². The second-order valence-electron chi connectivity index (χ2n) is 7.87. The summed E-state index contributed by atoms with van der Waals surface area (Å²) in [5, 5.41) is 19.6. The molecule has 0 heterocycles. The molecule has 0 saturated carbocycles. The third-order valence-corrected chi connectivity index (χ3v) is 5.50. The van der Waals surface area contributed by atoms with E-state index >= 15 is 0 Å².